The molecule has 0 unspecified atom stereocenters. The van der Waals surface area contributed by atoms with Crippen molar-refractivity contribution in [3.8, 4) is 5.75 Å². The zero-order valence-electron chi connectivity index (χ0n) is 13.5. The van der Waals surface area contributed by atoms with E-state index >= 15 is 0 Å². The molecule has 2 N–H and O–H groups in total. The topological polar surface area (TPSA) is 133 Å². The molecule has 0 spiro atoms. The van der Waals surface area contributed by atoms with Crippen LogP contribution in [0, 0.1) is 10.1 Å². The first-order valence-electron chi connectivity index (χ1n) is 7.50. The number of hydrogen-bond donors (Lipinski definition) is 2. The van der Waals surface area contributed by atoms with Gasteiger partial charge in [0.25, 0.3) is 11.6 Å². The number of hydrazone groups is 1. The molecule has 11 heteroatoms. The van der Waals surface area contributed by atoms with E-state index in [1.807, 2.05) is 24.3 Å². The first kappa shape index (κ1) is 18.5. The Labute approximate surface area is 161 Å². The molecule has 0 atom stereocenters. The van der Waals surface area contributed by atoms with Crippen LogP contribution in [-0.2, 0) is 4.79 Å². The van der Waals surface area contributed by atoms with E-state index in [9.17, 15) is 20.0 Å². The molecular weight excluding hydrogens is 394 g/mol. The molecule has 3 aromatic rings. The number of amides is 1. The number of rotatable bonds is 6. The summed E-state index contributed by atoms with van der Waals surface area (Å²) in [5.74, 6) is -1.32. The number of fused-ring (bicyclic) bond motifs is 1. The third-order valence-corrected chi connectivity index (χ3v) is 4.56. The second-order valence-electron chi connectivity index (χ2n) is 5.23. The molecule has 0 saturated carbocycles. The number of benzene rings is 2. The summed E-state index contributed by atoms with van der Waals surface area (Å²) in [7, 11) is 0. The highest BCUT2D eigenvalue weighted by atomic mass is 35.5. The van der Waals surface area contributed by atoms with Gasteiger partial charge in [-0.25, -0.2) is 10.4 Å². The van der Waals surface area contributed by atoms with Crippen molar-refractivity contribution >= 4 is 56.1 Å². The Kier molecular flexibility index (Phi) is 5.48. The number of hydrogen-bond acceptors (Lipinski definition) is 8. The van der Waals surface area contributed by atoms with Crippen molar-refractivity contribution in [1.29, 1.82) is 0 Å². The number of halogens is 1. The number of para-hydroxylation sites is 1. The van der Waals surface area contributed by atoms with Gasteiger partial charge in [0.05, 0.1) is 27.9 Å². The number of nitrogens with one attached hydrogen (secondary N) is 2. The third-order valence-electron chi connectivity index (χ3n) is 3.35. The molecule has 1 heterocycles. The van der Waals surface area contributed by atoms with Gasteiger partial charge in [-0.05, 0) is 29.5 Å². The molecule has 0 fully saturated rings. The van der Waals surface area contributed by atoms with Crippen LogP contribution in [0.15, 0.2) is 41.5 Å². The highest BCUT2D eigenvalue weighted by molar-refractivity contribution is 7.22. The van der Waals surface area contributed by atoms with Crippen molar-refractivity contribution in [2.45, 2.75) is 0 Å². The average molecular weight is 405 g/mol. The number of carbonyl (C=O) groups excluding carboxylic acids is 1. The number of aromatic nitrogens is 1. The van der Waals surface area contributed by atoms with E-state index in [4.69, 9.17) is 11.6 Å². The summed E-state index contributed by atoms with van der Waals surface area (Å²) in [6.07, 6.45) is 1.01. The van der Waals surface area contributed by atoms with Crippen molar-refractivity contribution in [3.63, 3.8) is 0 Å². The van der Waals surface area contributed by atoms with Crippen LogP contribution in [0.2, 0.25) is 5.02 Å². The van der Waals surface area contributed by atoms with Gasteiger partial charge >= 0.3 is 0 Å². The van der Waals surface area contributed by atoms with Crippen molar-refractivity contribution in [2.24, 2.45) is 5.10 Å². The Balaban J connectivity index is 1.59. The van der Waals surface area contributed by atoms with Crippen molar-refractivity contribution in [1.82, 2.24) is 10.4 Å². The molecule has 138 valence electrons. The highest BCUT2D eigenvalue weighted by Crippen LogP contribution is 2.30. The van der Waals surface area contributed by atoms with Crippen LogP contribution in [0.1, 0.15) is 5.56 Å². The lowest BCUT2D eigenvalue weighted by atomic mass is 10.2. The summed E-state index contributed by atoms with van der Waals surface area (Å²) in [4.78, 5) is 26.1. The molecule has 0 saturated heterocycles. The Morgan fingerprint density at radius 1 is 1.37 bits per heavy atom. The van der Waals surface area contributed by atoms with Gasteiger partial charge in [0, 0.05) is 11.1 Å². The first-order chi connectivity index (χ1) is 12.9. The fourth-order valence-corrected chi connectivity index (χ4v) is 3.23. The highest BCUT2D eigenvalue weighted by Gasteiger charge is 2.11. The standard InChI is InChI=1S/C16H12ClN5O4S/c17-10-5-9(15(24)12(6-10)22(25)26)7-19-21-14(23)8-18-16-20-11-3-1-2-4-13(11)27-16/h1-7,24H,8H2,(H,18,20)(H,21,23)/p-1/b19-7-. The van der Waals surface area contributed by atoms with E-state index in [1.54, 1.807) is 0 Å². The fraction of sp³-hybridized carbons (Fsp3) is 0.0625. The Morgan fingerprint density at radius 2 is 2.15 bits per heavy atom. The Morgan fingerprint density at radius 3 is 2.89 bits per heavy atom. The van der Waals surface area contributed by atoms with Crippen molar-refractivity contribution < 1.29 is 14.8 Å². The largest absolute Gasteiger partial charge is 0.867 e. The smallest absolute Gasteiger partial charge is 0.263 e. The molecule has 2 aromatic carbocycles. The molecule has 1 amide bonds. The lowest BCUT2D eigenvalue weighted by Gasteiger charge is -2.10. The molecule has 27 heavy (non-hydrogen) atoms. The van der Waals surface area contributed by atoms with Gasteiger partial charge in [0.15, 0.2) is 5.13 Å². The number of nitro benzene ring substituents is 1. The Hall–Kier alpha value is -3.24. The normalized spacial score (nSPS) is 11.0. The number of thiazole rings is 1. The second-order valence-corrected chi connectivity index (χ2v) is 6.70. The molecule has 0 aliphatic rings. The number of nitro groups is 1. The van der Waals surface area contributed by atoms with Gasteiger partial charge in [-0.15, -0.1) is 0 Å². The van der Waals surface area contributed by atoms with Crippen LogP contribution in [0.4, 0.5) is 10.8 Å². The van der Waals surface area contributed by atoms with E-state index in [2.05, 4.69) is 20.8 Å². The van der Waals surface area contributed by atoms with Crippen LogP contribution < -0.4 is 15.8 Å². The Bertz CT molecular complexity index is 1020. The van der Waals surface area contributed by atoms with Gasteiger partial charge < -0.3 is 10.4 Å². The quantitative estimate of drug-likeness (QED) is 0.368. The van der Waals surface area contributed by atoms with E-state index in [1.165, 1.54) is 17.4 Å². The minimum Gasteiger partial charge on any atom is -0.867 e. The molecular formula is C16H11ClN5O4S-. The summed E-state index contributed by atoms with van der Waals surface area (Å²) < 4.78 is 0.990. The summed E-state index contributed by atoms with van der Waals surface area (Å²) in [5, 5.41) is 29.8. The molecule has 0 bridgehead atoms. The van der Waals surface area contributed by atoms with Crippen molar-refractivity contribution in [3.05, 3.63) is 57.1 Å². The lowest BCUT2D eigenvalue weighted by Crippen LogP contribution is -2.25. The second kappa shape index (κ2) is 7.98. The van der Waals surface area contributed by atoms with Crippen LogP contribution in [0.25, 0.3) is 10.2 Å². The summed E-state index contributed by atoms with van der Waals surface area (Å²) in [6.45, 7) is -0.0862. The van der Waals surface area contributed by atoms with Gasteiger partial charge in [0.1, 0.15) is 0 Å². The molecule has 3 rings (SSSR count). The minimum atomic E-state index is -0.838. The predicted octanol–water partition coefficient (Wildman–Crippen LogP) is 2.49. The average Bonchev–Trinajstić information content (AvgIpc) is 3.05. The molecule has 0 radical (unpaired) electrons. The van der Waals surface area contributed by atoms with Gasteiger partial charge in [-0.3, -0.25) is 14.9 Å². The van der Waals surface area contributed by atoms with Crippen LogP contribution in [-0.4, -0.2) is 28.6 Å². The number of nitrogens with zero attached hydrogens (tertiary/aromatic N) is 3. The van der Waals surface area contributed by atoms with E-state index in [0.29, 0.717) is 5.13 Å². The van der Waals surface area contributed by atoms with Crippen LogP contribution >= 0.6 is 22.9 Å². The fourth-order valence-electron chi connectivity index (χ4n) is 2.15. The molecule has 1 aromatic heterocycles. The first-order valence-corrected chi connectivity index (χ1v) is 8.70. The number of carbonyl (C=O) groups is 1. The lowest BCUT2D eigenvalue weighted by molar-refractivity contribution is -0.398. The molecule has 0 aliphatic carbocycles. The molecule has 9 nitrogen and oxygen atoms in total. The third kappa shape index (κ3) is 4.49. The zero-order valence-corrected chi connectivity index (χ0v) is 15.1. The maximum absolute atomic E-state index is 11.9. The minimum absolute atomic E-state index is 0.0200. The maximum atomic E-state index is 11.9. The summed E-state index contributed by atoms with van der Waals surface area (Å²) in [6, 6.07) is 9.75. The van der Waals surface area contributed by atoms with Gasteiger partial charge in [-0.1, -0.05) is 35.1 Å². The van der Waals surface area contributed by atoms with Gasteiger partial charge in [0.2, 0.25) is 0 Å². The summed E-state index contributed by atoms with van der Waals surface area (Å²) in [5.41, 5.74) is 2.29. The van der Waals surface area contributed by atoms with E-state index < -0.39 is 22.3 Å². The molecule has 0 aliphatic heterocycles. The van der Waals surface area contributed by atoms with Crippen molar-refractivity contribution in [2.75, 3.05) is 11.9 Å². The SMILES string of the molecule is O=C(CNc1nc2ccccc2s1)N/N=C\c1cc(Cl)cc([N+](=O)[O-])c1[O-]. The summed E-state index contributed by atoms with van der Waals surface area (Å²) >= 11 is 7.16. The van der Waals surface area contributed by atoms with E-state index in [-0.39, 0.29) is 17.1 Å². The zero-order chi connectivity index (χ0) is 19.4. The van der Waals surface area contributed by atoms with Gasteiger partial charge in [-0.2, -0.15) is 5.10 Å². The monoisotopic (exact) mass is 404 g/mol. The maximum Gasteiger partial charge on any atom is 0.263 e. The van der Waals surface area contributed by atoms with Crippen LogP contribution in [0.5, 0.6) is 5.75 Å². The predicted molar refractivity (Wildman–Crippen MR) is 101 cm³/mol. The number of anilines is 1. The van der Waals surface area contributed by atoms with Crippen LogP contribution in [0.3, 0.4) is 0 Å². The van der Waals surface area contributed by atoms with E-state index in [0.717, 1.165) is 22.5 Å².